The minimum atomic E-state index is 0.491. The first-order chi connectivity index (χ1) is 25.9. The third-order valence-corrected chi connectivity index (χ3v) is 11.7. The van der Waals surface area contributed by atoms with E-state index in [1.54, 1.807) is 0 Å². The molecular weight excluding hydrogens is 661 g/mol. The average Bonchev–Trinajstić information content (AvgIpc) is 3.59. The summed E-state index contributed by atoms with van der Waals surface area (Å²) in [6.45, 7) is 8.99. The first-order valence-corrected chi connectivity index (χ1v) is 19.5. The summed E-state index contributed by atoms with van der Waals surface area (Å²) in [5.41, 5.74) is 9.60. The Balaban J connectivity index is 1.18. The molecule has 8 aromatic carbocycles. The molecule has 0 aliphatic carbocycles. The van der Waals surface area contributed by atoms with Gasteiger partial charge in [0.2, 0.25) is 0 Å². The molecule has 1 aromatic heterocycles. The highest BCUT2D eigenvalue weighted by Gasteiger charge is 2.18. The van der Waals surface area contributed by atoms with E-state index in [4.69, 9.17) is 0 Å². The highest BCUT2D eigenvalue weighted by atomic mass is 32.1. The predicted octanol–water partition coefficient (Wildman–Crippen LogP) is 15.5. The van der Waals surface area contributed by atoms with Crippen LogP contribution in [0.3, 0.4) is 0 Å². The molecule has 0 bridgehead atoms. The van der Waals surface area contributed by atoms with Gasteiger partial charge in [0.1, 0.15) is 0 Å². The van der Waals surface area contributed by atoms with Crippen molar-refractivity contribution in [2.45, 2.75) is 39.5 Å². The van der Waals surface area contributed by atoms with Crippen LogP contribution in [0.4, 0.5) is 34.1 Å². The lowest BCUT2D eigenvalue weighted by Crippen LogP contribution is -2.10. The van der Waals surface area contributed by atoms with Gasteiger partial charge in [0.05, 0.1) is 0 Å². The highest BCUT2D eigenvalue weighted by molar-refractivity contribution is 7.26. The second-order valence-corrected chi connectivity index (χ2v) is 15.7. The van der Waals surface area contributed by atoms with Gasteiger partial charge in [0.15, 0.2) is 0 Å². The van der Waals surface area contributed by atoms with E-state index in [9.17, 15) is 0 Å². The summed E-state index contributed by atoms with van der Waals surface area (Å²) >= 11 is 1.89. The van der Waals surface area contributed by atoms with Crippen molar-refractivity contribution >= 4 is 87.2 Å². The SMILES string of the molecule is CC(C)c1ccc(N(c2ccccc2)c2ccc3c(ccc4sc5ccc6cc(N(c7ccccc7)c7ccc(C(C)C)cc7)ccc6c5c43)c2)cc1. The molecular formula is C50H42N2S. The van der Waals surface area contributed by atoms with E-state index >= 15 is 0 Å². The van der Waals surface area contributed by atoms with E-state index in [-0.39, 0.29) is 0 Å². The van der Waals surface area contributed by atoms with Gasteiger partial charge in [-0.15, -0.1) is 11.3 Å². The molecule has 0 saturated carbocycles. The number of rotatable bonds is 8. The van der Waals surface area contributed by atoms with E-state index in [1.165, 1.54) is 52.8 Å². The van der Waals surface area contributed by atoms with Gasteiger partial charge >= 0.3 is 0 Å². The molecule has 9 rings (SSSR count). The zero-order valence-electron chi connectivity index (χ0n) is 30.6. The summed E-state index contributed by atoms with van der Waals surface area (Å²) in [5, 5.41) is 7.72. The predicted molar refractivity (Wildman–Crippen MR) is 232 cm³/mol. The van der Waals surface area contributed by atoms with Crippen LogP contribution >= 0.6 is 11.3 Å². The van der Waals surface area contributed by atoms with Gasteiger partial charge < -0.3 is 9.80 Å². The molecule has 0 fully saturated rings. The van der Waals surface area contributed by atoms with E-state index in [0.717, 1.165) is 34.1 Å². The quantitative estimate of drug-likeness (QED) is 0.156. The van der Waals surface area contributed by atoms with Crippen LogP contribution in [-0.2, 0) is 0 Å². The van der Waals surface area contributed by atoms with Crippen molar-refractivity contribution in [1.29, 1.82) is 0 Å². The number of nitrogens with zero attached hydrogens (tertiary/aromatic N) is 2. The summed E-state index contributed by atoms with van der Waals surface area (Å²) in [5.74, 6) is 0.982. The van der Waals surface area contributed by atoms with Crippen LogP contribution in [0.25, 0.3) is 41.7 Å². The first kappa shape index (κ1) is 33.0. The smallest absolute Gasteiger partial charge is 0.0468 e. The molecule has 0 radical (unpaired) electrons. The van der Waals surface area contributed by atoms with E-state index < -0.39 is 0 Å². The van der Waals surface area contributed by atoms with E-state index in [2.05, 4.69) is 207 Å². The summed E-state index contributed by atoms with van der Waals surface area (Å²) in [6.07, 6.45) is 0. The summed E-state index contributed by atoms with van der Waals surface area (Å²) < 4.78 is 2.63. The molecule has 2 nitrogen and oxygen atoms in total. The van der Waals surface area contributed by atoms with Gasteiger partial charge in [-0.3, -0.25) is 0 Å². The van der Waals surface area contributed by atoms with Crippen LogP contribution < -0.4 is 9.80 Å². The number of benzene rings is 8. The Kier molecular flexibility index (Phi) is 8.45. The molecule has 258 valence electrons. The normalized spacial score (nSPS) is 11.7. The van der Waals surface area contributed by atoms with Crippen LogP contribution in [0.15, 0.2) is 170 Å². The lowest BCUT2D eigenvalue weighted by atomic mass is 9.98. The largest absolute Gasteiger partial charge is 0.310 e. The number of hydrogen-bond acceptors (Lipinski definition) is 3. The third kappa shape index (κ3) is 6.01. The maximum atomic E-state index is 2.37. The molecule has 0 aliphatic heterocycles. The molecule has 9 aromatic rings. The Morgan fingerprint density at radius 3 is 1.09 bits per heavy atom. The minimum absolute atomic E-state index is 0.491. The van der Waals surface area contributed by atoms with Crippen LogP contribution in [-0.4, -0.2) is 0 Å². The van der Waals surface area contributed by atoms with Crippen molar-refractivity contribution in [3.05, 3.63) is 181 Å². The van der Waals surface area contributed by atoms with E-state index in [0.29, 0.717) is 11.8 Å². The molecule has 53 heavy (non-hydrogen) atoms. The molecule has 3 heteroatoms. The van der Waals surface area contributed by atoms with Crippen LogP contribution in [0, 0.1) is 0 Å². The molecule has 0 aliphatic rings. The maximum absolute atomic E-state index is 2.37. The zero-order valence-corrected chi connectivity index (χ0v) is 31.4. The molecule has 1 heterocycles. The van der Waals surface area contributed by atoms with Crippen LogP contribution in [0.5, 0.6) is 0 Å². The van der Waals surface area contributed by atoms with Crippen LogP contribution in [0.1, 0.15) is 50.7 Å². The Labute approximate surface area is 316 Å². The third-order valence-electron chi connectivity index (χ3n) is 10.6. The maximum Gasteiger partial charge on any atom is 0.0468 e. The Hall–Kier alpha value is -5.90. The molecule has 0 spiro atoms. The minimum Gasteiger partial charge on any atom is -0.310 e. The number of thiophene rings is 1. The number of hydrogen-bond donors (Lipinski definition) is 0. The zero-order chi connectivity index (χ0) is 36.1. The Morgan fingerprint density at radius 2 is 0.717 bits per heavy atom. The number of anilines is 6. The van der Waals surface area contributed by atoms with Gasteiger partial charge in [-0.25, -0.2) is 0 Å². The molecule has 0 unspecified atom stereocenters. The van der Waals surface area contributed by atoms with Crippen molar-refractivity contribution in [2.24, 2.45) is 0 Å². The lowest BCUT2D eigenvalue weighted by Gasteiger charge is -2.26. The van der Waals surface area contributed by atoms with Crippen molar-refractivity contribution in [1.82, 2.24) is 0 Å². The summed E-state index contributed by atoms with van der Waals surface area (Å²) in [6, 6.07) is 62.6. The second kappa shape index (κ2) is 13.6. The molecule has 0 N–H and O–H groups in total. The Morgan fingerprint density at radius 1 is 0.358 bits per heavy atom. The van der Waals surface area contributed by atoms with Gasteiger partial charge in [-0.2, -0.15) is 0 Å². The van der Waals surface area contributed by atoms with Crippen molar-refractivity contribution in [3.63, 3.8) is 0 Å². The van der Waals surface area contributed by atoms with Gasteiger partial charge in [0.25, 0.3) is 0 Å². The van der Waals surface area contributed by atoms with Gasteiger partial charge in [0, 0.05) is 54.3 Å². The summed E-state index contributed by atoms with van der Waals surface area (Å²) in [4.78, 5) is 4.73. The monoisotopic (exact) mass is 702 g/mol. The van der Waals surface area contributed by atoms with Crippen LogP contribution in [0.2, 0.25) is 0 Å². The molecule has 0 saturated heterocycles. The van der Waals surface area contributed by atoms with E-state index in [1.807, 2.05) is 11.3 Å². The number of fused-ring (bicyclic) bond motifs is 7. The fraction of sp³-hybridized carbons (Fsp3) is 0.120. The highest BCUT2D eigenvalue weighted by Crippen LogP contribution is 2.45. The second-order valence-electron chi connectivity index (χ2n) is 14.6. The van der Waals surface area contributed by atoms with Gasteiger partial charge in [-0.05, 0) is 129 Å². The standard InChI is InChI=1S/C50H42N2S/c1-33(2)35-15-21-41(22-16-35)51(39-11-7-5-8-12-39)43-25-27-45-37(31-43)19-29-47-49(45)50-46-28-26-44(32-38(46)20-30-48(50)53-47)52(40-13-9-6-10-14-40)42-23-17-36(18-24-42)34(3)4/h5-34H,1-4H3. The average molecular weight is 703 g/mol. The topological polar surface area (TPSA) is 6.48 Å². The van der Waals surface area contributed by atoms with Gasteiger partial charge in [-0.1, -0.05) is 113 Å². The molecule has 0 amide bonds. The summed E-state index contributed by atoms with van der Waals surface area (Å²) in [7, 11) is 0. The molecule has 0 atom stereocenters. The van der Waals surface area contributed by atoms with Crippen molar-refractivity contribution in [2.75, 3.05) is 9.80 Å². The first-order valence-electron chi connectivity index (χ1n) is 18.6. The Bertz CT molecular complexity index is 2520. The van der Waals surface area contributed by atoms with Crippen molar-refractivity contribution < 1.29 is 0 Å². The van der Waals surface area contributed by atoms with Crippen molar-refractivity contribution in [3.8, 4) is 0 Å². The lowest BCUT2D eigenvalue weighted by molar-refractivity contribution is 0.866. The fourth-order valence-electron chi connectivity index (χ4n) is 7.74. The fourth-order valence-corrected chi connectivity index (χ4v) is 8.88. The number of para-hydroxylation sites is 2.